The minimum absolute atomic E-state index is 0.0775. The smallest absolute Gasteiger partial charge is 0.391 e. The van der Waals surface area contributed by atoms with Gasteiger partial charge in [-0.1, -0.05) is 296 Å². The molecule has 0 rings (SSSR count). The van der Waals surface area contributed by atoms with Crippen LogP contribution >= 0.6 is 7.82 Å². The second kappa shape index (κ2) is 54.0. The van der Waals surface area contributed by atoms with Crippen LogP contribution in [-0.4, -0.2) is 73.4 Å². The molecule has 0 saturated heterocycles. The Morgan fingerprint density at radius 2 is 0.761 bits per heavy atom. The standard InChI is InChI=1S/C62H125N2O6P/c1-6-8-10-12-14-16-18-20-22-24-26-28-29-30-31-32-33-34-36-38-40-42-44-46-48-50-52-54-56-62(66)63-60(59-70-71(67,68)69-58-57-64(3,4)5)61(65)55-53-51-49-47-45-43-41-39-37-35-27-25-23-21-19-17-15-13-11-9-7-2/h30-31,60-61,65H,6-29,32-59H2,1-5H3,(H-,63,66,67,68)/p+1/b31-30-. The minimum atomic E-state index is -4.32. The fourth-order valence-corrected chi connectivity index (χ4v) is 10.5. The Labute approximate surface area is 443 Å². The highest BCUT2D eigenvalue weighted by molar-refractivity contribution is 7.47. The van der Waals surface area contributed by atoms with Gasteiger partial charge in [0.25, 0.3) is 0 Å². The van der Waals surface area contributed by atoms with Crippen molar-refractivity contribution in [1.82, 2.24) is 5.32 Å². The van der Waals surface area contributed by atoms with Crippen molar-refractivity contribution in [2.45, 2.75) is 341 Å². The summed E-state index contributed by atoms with van der Waals surface area (Å²) in [5, 5.41) is 14.1. The number of nitrogens with zero attached hydrogens (tertiary/aromatic N) is 1. The van der Waals surface area contributed by atoms with Gasteiger partial charge in [-0.3, -0.25) is 13.8 Å². The Morgan fingerprint density at radius 3 is 1.08 bits per heavy atom. The lowest BCUT2D eigenvalue weighted by molar-refractivity contribution is -0.870. The summed E-state index contributed by atoms with van der Waals surface area (Å²) in [6.45, 7) is 4.95. The number of carbonyl (C=O) groups excluding carboxylic acids is 1. The average Bonchev–Trinajstić information content (AvgIpc) is 3.33. The lowest BCUT2D eigenvalue weighted by Gasteiger charge is -2.26. The van der Waals surface area contributed by atoms with Crippen molar-refractivity contribution in [3.8, 4) is 0 Å². The van der Waals surface area contributed by atoms with Crippen LogP contribution in [0.1, 0.15) is 328 Å². The molecule has 424 valence electrons. The van der Waals surface area contributed by atoms with Crippen molar-refractivity contribution in [3.63, 3.8) is 0 Å². The van der Waals surface area contributed by atoms with Crippen molar-refractivity contribution in [3.05, 3.63) is 12.2 Å². The first-order valence-electron chi connectivity index (χ1n) is 31.6. The molecule has 71 heavy (non-hydrogen) atoms. The van der Waals surface area contributed by atoms with Gasteiger partial charge in [0.05, 0.1) is 39.9 Å². The van der Waals surface area contributed by atoms with E-state index >= 15 is 0 Å². The van der Waals surface area contributed by atoms with Crippen molar-refractivity contribution in [1.29, 1.82) is 0 Å². The third-order valence-corrected chi connectivity index (χ3v) is 15.7. The van der Waals surface area contributed by atoms with Gasteiger partial charge < -0.3 is 19.8 Å². The second-order valence-electron chi connectivity index (χ2n) is 23.1. The summed E-state index contributed by atoms with van der Waals surface area (Å²) < 4.78 is 23.8. The molecule has 0 aromatic rings. The molecule has 0 aromatic heterocycles. The van der Waals surface area contributed by atoms with Crippen LogP contribution in [0.5, 0.6) is 0 Å². The van der Waals surface area contributed by atoms with E-state index in [2.05, 4.69) is 31.3 Å². The van der Waals surface area contributed by atoms with E-state index in [1.165, 1.54) is 263 Å². The Balaban J connectivity index is 4.07. The topological polar surface area (TPSA) is 105 Å². The zero-order valence-electron chi connectivity index (χ0n) is 48.5. The SMILES string of the molecule is CCCCCCCCCCCCCC/C=C\CCCCCCCCCCCCCCC(=O)NC(COP(=O)(O)OCC[N+](C)(C)C)C(O)CCCCCCCCCCCCCCCCCCCCCCC. The third-order valence-electron chi connectivity index (χ3n) is 14.8. The monoisotopic (exact) mass is 1030 g/mol. The van der Waals surface area contributed by atoms with Crippen LogP contribution in [0.15, 0.2) is 12.2 Å². The number of likely N-dealkylation sites (N-methyl/N-ethyl adjacent to an activating group) is 1. The Morgan fingerprint density at radius 1 is 0.465 bits per heavy atom. The van der Waals surface area contributed by atoms with Gasteiger partial charge >= 0.3 is 7.82 Å². The van der Waals surface area contributed by atoms with E-state index in [0.717, 1.165) is 38.5 Å². The predicted molar refractivity (Wildman–Crippen MR) is 309 cm³/mol. The number of quaternary nitrogens is 1. The number of aliphatic hydroxyl groups excluding tert-OH is 1. The first-order chi connectivity index (χ1) is 34.5. The first-order valence-corrected chi connectivity index (χ1v) is 33.0. The fraction of sp³-hybridized carbons (Fsp3) is 0.952. The number of allylic oxidation sites excluding steroid dienone is 2. The van der Waals surface area contributed by atoms with Gasteiger partial charge in [-0.15, -0.1) is 0 Å². The van der Waals surface area contributed by atoms with Crippen molar-refractivity contribution in [2.24, 2.45) is 0 Å². The molecule has 3 unspecified atom stereocenters. The van der Waals surface area contributed by atoms with Crippen LogP contribution < -0.4 is 5.32 Å². The van der Waals surface area contributed by atoms with Crippen LogP contribution in [0, 0.1) is 0 Å². The fourth-order valence-electron chi connectivity index (χ4n) is 9.81. The normalized spacial score (nSPS) is 13.8. The zero-order valence-corrected chi connectivity index (χ0v) is 49.4. The molecule has 9 heteroatoms. The van der Waals surface area contributed by atoms with Gasteiger partial charge in [-0.2, -0.15) is 0 Å². The van der Waals surface area contributed by atoms with E-state index in [1.807, 2.05) is 21.1 Å². The van der Waals surface area contributed by atoms with Crippen molar-refractivity contribution >= 4 is 13.7 Å². The van der Waals surface area contributed by atoms with Crippen LogP contribution in [-0.2, 0) is 18.4 Å². The summed E-state index contributed by atoms with van der Waals surface area (Å²) >= 11 is 0. The zero-order chi connectivity index (χ0) is 52.0. The minimum Gasteiger partial charge on any atom is -0.391 e. The number of nitrogens with one attached hydrogen (secondary N) is 1. The summed E-state index contributed by atoms with van der Waals surface area (Å²) in [6, 6.07) is -0.759. The number of phosphoric acid groups is 1. The largest absolute Gasteiger partial charge is 0.472 e. The summed E-state index contributed by atoms with van der Waals surface area (Å²) in [6.07, 6.45) is 67.1. The molecule has 0 radical (unpaired) electrons. The van der Waals surface area contributed by atoms with E-state index in [4.69, 9.17) is 9.05 Å². The summed E-state index contributed by atoms with van der Waals surface area (Å²) in [5.74, 6) is -0.138. The van der Waals surface area contributed by atoms with E-state index in [9.17, 15) is 19.4 Å². The average molecular weight is 1030 g/mol. The molecule has 8 nitrogen and oxygen atoms in total. The highest BCUT2D eigenvalue weighted by Gasteiger charge is 2.28. The Bertz CT molecular complexity index is 1160. The quantitative estimate of drug-likeness (QED) is 0.0243. The van der Waals surface area contributed by atoms with Gasteiger partial charge in [-0.25, -0.2) is 4.57 Å². The van der Waals surface area contributed by atoms with E-state index in [0.29, 0.717) is 23.9 Å². The first kappa shape index (κ1) is 70.2. The van der Waals surface area contributed by atoms with Crippen LogP contribution in [0.4, 0.5) is 0 Å². The van der Waals surface area contributed by atoms with E-state index in [1.54, 1.807) is 0 Å². The number of aliphatic hydroxyl groups is 1. The summed E-state index contributed by atoms with van der Waals surface area (Å²) in [7, 11) is 1.63. The number of rotatable bonds is 59. The molecule has 0 spiro atoms. The Kier molecular flexibility index (Phi) is 53.5. The van der Waals surface area contributed by atoms with E-state index in [-0.39, 0.29) is 19.1 Å². The predicted octanol–water partition coefficient (Wildman–Crippen LogP) is 19.4. The van der Waals surface area contributed by atoms with Crippen molar-refractivity contribution < 1.29 is 32.9 Å². The van der Waals surface area contributed by atoms with Gasteiger partial charge in [0.2, 0.25) is 5.91 Å². The second-order valence-corrected chi connectivity index (χ2v) is 24.6. The molecule has 0 aliphatic rings. The third kappa shape index (κ3) is 56.8. The van der Waals surface area contributed by atoms with Gasteiger partial charge in [-0.05, 0) is 38.5 Å². The molecule has 0 saturated carbocycles. The maximum absolute atomic E-state index is 13.0. The molecule has 0 aliphatic carbocycles. The highest BCUT2D eigenvalue weighted by atomic mass is 31.2. The molecule has 0 bridgehead atoms. The summed E-state index contributed by atoms with van der Waals surface area (Å²) in [4.78, 5) is 23.4. The summed E-state index contributed by atoms with van der Waals surface area (Å²) in [5.41, 5.74) is 0. The molecule has 3 atom stereocenters. The van der Waals surface area contributed by atoms with Crippen LogP contribution in [0.2, 0.25) is 0 Å². The molecule has 0 aliphatic heterocycles. The van der Waals surface area contributed by atoms with Crippen LogP contribution in [0.25, 0.3) is 0 Å². The Hall–Kier alpha value is -0.760. The number of unbranched alkanes of at least 4 members (excludes halogenated alkanes) is 44. The number of hydrogen-bond acceptors (Lipinski definition) is 5. The van der Waals surface area contributed by atoms with Crippen molar-refractivity contribution in [2.75, 3.05) is 40.9 Å². The number of hydrogen-bond donors (Lipinski definition) is 3. The molecular formula is C62H126N2O6P+. The molecule has 3 N–H and O–H groups in total. The molecule has 1 amide bonds. The lowest BCUT2D eigenvalue weighted by Crippen LogP contribution is -2.46. The number of amides is 1. The molecule has 0 fully saturated rings. The van der Waals surface area contributed by atoms with Gasteiger partial charge in [0, 0.05) is 6.42 Å². The van der Waals surface area contributed by atoms with E-state index < -0.39 is 20.0 Å². The van der Waals surface area contributed by atoms with Gasteiger partial charge in [0.15, 0.2) is 0 Å². The molecule has 0 heterocycles. The van der Waals surface area contributed by atoms with Gasteiger partial charge in [0.1, 0.15) is 13.2 Å². The number of phosphoric ester groups is 1. The number of carbonyl (C=O) groups is 1. The highest BCUT2D eigenvalue weighted by Crippen LogP contribution is 2.43. The maximum Gasteiger partial charge on any atom is 0.472 e. The lowest BCUT2D eigenvalue weighted by atomic mass is 10.0. The maximum atomic E-state index is 13.0. The van der Waals surface area contributed by atoms with Crippen LogP contribution in [0.3, 0.4) is 0 Å². The molecular weight excluding hydrogens is 900 g/mol. The molecule has 0 aromatic carbocycles.